The molecule has 1 atom stereocenters. The smallest absolute Gasteiger partial charge is 0.338 e. The van der Waals surface area contributed by atoms with Crippen LogP contribution in [0.25, 0.3) is 0 Å². The number of benzene rings is 2. The maximum absolute atomic E-state index is 12.5. The Morgan fingerprint density at radius 1 is 1.18 bits per heavy atom. The molecule has 0 spiro atoms. The van der Waals surface area contributed by atoms with Gasteiger partial charge in [-0.15, -0.1) is 0 Å². The number of aliphatic imine (C=N–C) groups is 1. The SMILES string of the molecule is CCOC(=O)C1=C(C)NC(SCc2ccc(Cl)c(Cl)c2)=N[C@H]1c1ccccc1. The summed E-state index contributed by atoms with van der Waals surface area (Å²) in [6.45, 7) is 3.99. The van der Waals surface area contributed by atoms with Crippen molar-refractivity contribution in [1.29, 1.82) is 0 Å². The minimum atomic E-state index is -0.405. The maximum Gasteiger partial charge on any atom is 0.338 e. The quantitative estimate of drug-likeness (QED) is 0.607. The van der Waals surface area contributed by atoms with E-state index in [1.807, 2.05) is 49.4 Å². The van der Waals surface area contributed by atoms with E-state index in [0.717, 1.165) is 22.0 Å². The average Bonchev–Trinajstić information content (AvgIpc) is 2.69. The van der Waals surface area contributed by atoms with E-state index in [0.29, 0.717) is 28.0 Å². The second-order valence-electron chi connectivity index (χ2n) is 6.17. The average molecular weight is 435 g/mol. The van der Waals surface area contributed by atoms with Crippen molar-refractivity contribution < 1.29 is 9.53 Å². The molecule has 1 N–H and O–H groups in total. The van der Waals surface area contributed by atoms with Crippen molar-refractivity contribution >= 4 is 46.1 Å². The second kappa shape index (κ2) is 9.50. The van der Waals surface area contributed by atoms with Gasteiger partial charge in [-0.3, -0.25) is 0 Å². The fraction of sp³-hybridized carbons (Fsp3) is 0.238. The normalized spacial score (nSPS) is 16.4. The highest BCUT2D eigenvalue weighted by atomic mass is 35.5. The van der Waals surface area contributed by atoms with Gasteiger partial charge in [0.2, 0.25) is 0 Å². The molecule has 3 rings (SSSR count). The van der Waals surface area contributed by atoms with Crippen molar-refractivity contribution in [2.24, 2.45) is 4.99 Å². The van der Waals surface area contributed by atoms with Crippen LogP contribution in [0.2, 0.25) is 10.0 Å². The second-order valence-corrected chi connectivity index (χ2v) is 7.95. The number of carbonyl (C=O) groups is 1. The van der Waals surface area contributed by atoms with Crippen LogP contribution >= 0.6 is 35.0 Å². The Hall–Kier alpha value is -1.95. The Kier molecular flexibility index (Phi) is 7.05. The van der Waals surface area contributed by atoms with E-state index in [2.05, 4.69) is 5.32 Å². The number of allylic oxidation sites excluding steroid dienone is 1. The molecule has 0 amide bonds. The molecule has 0 aromatic heterocycles. The van der Waals surface area contributed by atoms with E-state index in [-0.39, 0.29) is 5.97 Å². The number of thioether (sulfide) groups is 1. The summed E-state index contributed by atoms with van der Waals surface area (Å²) in [5, 5.41) is 5.04. The van der Waals surface area contributed by atoms with Gasteiger partial charge in [0.05, 0.1) is 22.2 Å². The van der Waals surface area contributed by atoms with Gasteiger partial charge in [0.25, 0.3) is 0 Å². The topological polar surface area (TPSA) is 50.7 Å². The third-order valence-corrected chi connectivity index (χ3v) is 5.89. The summed E-state index contributed by atoms with van der Waals surface area (Å²) in [6, 6.07) is 14.9. The molecular weight excluding hydrogens is 415 g/mol. The lowest BCUT2D eigenvalue weighted by molar-refractivity contribution is -0.138. The van der Waals surface area contributed by atoms with Gasteiger partial charge in [0.15, 0.2) is 5.17 Å². The zero-order valence-corrected chi connectivity index (χ0v) is 17.9. The Bertz CT molecular complexity index is 929. The molecule has 0 saturated carbocycles. The van der Waals surface area contributed by atoms with Crippen LogP contribution in [0.1, 0.15) is 31.0 Å². The Morgan fingerprint density at radius 3 is 2.61 bits per heavy atom. The van der Waals surface area contributed by atoms with E-state index < -0.39 is 6.04 Å². The lowest BCUT2D eigenvalue weighted by Gasteiger charge is -2.25. The first-order valence-corrected chi connectivity index (χ1v) is 10.6. The van der Waals surface area contributed by atoms with Gasteiger partial charge in [-0.05, 0) is 37.1 Å². The number of hydrogen-bond acceptors (Lipinski definition) is 5. The van der Waals surface area contributed by atoms with Crippen LogP contribution in [-0.4, -0.2) is 17.7 Å². The highest BCUT2D eigenvalue weighted by Gasteiger charge is 2.30. The number of carbonyl (C=O) groups excluding carboxylic acids is 1. The number of nitrogens with one attached hydrogen (secondary N) is 1. The molecule has 2 aromatic rings. The van der Waals surface area contributed by atoms with Gasteiger partial charge in [-0.1, -0.05) is 71.4 Å². The Labute approximate surface area is 179 Å². The van der Waals surface area contributed by atoms with Crippen molar-refractivity contribution in [2.45, 2.75) is 25.6 Å². The number of nitrogens with zero attached hydrogens (tertiary/aromatic N) is 1. The minimum Gasteiger partial charge on any atom is -0.463 e. The van der Waals surface area contributed by atoms with Gasteiger partial charge in [-0.2, -0.15) is 0 Å². The molecule has 0 saturated heterocycles. The number of hydrogen-bond donors (Lipinski definition) is 1. The molecule has 2 aromatic carbocycles. The van der Waals surface area contributed by atoms with Gasteiger partial charge in [0.1, 0.15) is 6.04 Å². The lowest BCUT2D eigenvalue weighted by Crippen LogP contribution is -2.30. The monoisotopic (exact) mass is 434 g/mol. The number of esters is 1. The van der Waals surface area contributed by atoms with Crippen molar-refractivity contribution in [3.63, 3.8) is 0 Å². The standard InChI is InChI=1S/C21H20Cl2N2O2S/c1-3-27-20(26)18-13(2)24-21(25-19(18)15-7-5-4-6-8-15)28-12-14-9-10-16(22)17(23)11-14/h4-11,19H,3,12H2,1-2H3,(H,24,25)/t19-/m0/s1. The molecule has 0 unspecified atom stereocenters. The molecule has 28 heavy (non-hydrogen) atoms. The van der Waals surface area contributed by atoms with E-state index in [4.69, 9.17) is 32.9 Å². The molecule has 0 aliphatic carbocycles. The summed E-state index contributed by atoms with van der Waals surface area (Å²) in [5.74, 6) is 0.324. The number of amidine groups is 1. The van der Waals surface area contributed by atoms with Crippen molar-refractivity contribution in [3.05, 3.63) is 81.0 Å². The molecule has 1 heterocycles. The van der Waals surface area contributed by atoms with E-state index in [9.17, 15) is 4.79 Å². The Morgan fingerprint density at radius 2 is 1.93 bits per heavy atom. The van der Waals surface area contributed by atoms with E-state index >= 15 is 0 Å². The van der Waals surface area contributed by atoms with Gasteiger partial charge in [0, 0.05) is 11.4 Å². The summed E-state index contributed by atoms with van der Waals surface area (Å²) in [5.41, 5.74) is 3.27. The molecule has 146 valence electrons. The van der Waals surface area contributed by atoms with Crippen LogP contribution < -0.4 is 5.32 Å². The van der Waals surface area contributed by atoms with Gasteiger partial charge >= 0.3 is 5.97 Å². The molecule has 0 radical (unpaired) electrons. The fourth-order valence-corrected chi connectivity index (χ4v) is 4.06. The molecule has 0 fully saturated rings. The Balaban J connectivity index is 1.85. The van der Waals surface area contributed by atoms with Gasteiger partial charge in [-0.25, -0.2) is 9.79 Å². The molecular formula is C21H20Cl2N2O2S. The van der Waals surface area contributed by atoms with Gasteiger partial charge < -0.3 is 10.1 Å². The highest BCUT2D eigenvalue weighted by Crippen LogP contribution is 2.33. The molecule has 1 aliphatic heterocycles. The summed E-state index contributed by atoms with van der Waals surface area (Å²) in [7, 11) is 0. The first-order chi connectivity index (χ1) is 13.5. The zero-order valence-electron chi connectivity index (χ0n) is 15.5. The third kappa shape index (κ3) is 4.90. The largest absolute Gasteiger partial charge is 0.463 e. The van der Waals surface area contributed by atoms with Crippen LogP contribution in [0.4, 0.5) is 0 Å². The van der Waals surface area contributed by atoms with Crippen LogP contribution in [0.15, 0.2) is 64.8 Å². The summed E-state index contributed by atoms with van der Waals surface area (Å²) >= 11 is 13.6. The first kappa shape index (κ1) is 20.8. The maximum atomic E-state index is 12.5. The zero-order chi connectivity index (χ0) is 20.1. The van der Waals surface area contributed by atoms with Crippen LogP contribution in [-0.2, 0) is 15.3 Å². The van der Waals surface area contributed by atoms with E-state index in [1.54, 1.807) is 24.8 Å². The first-order valence-electron chi connectivity index (χ1n) is 8.84. The highest BCUT2D eigenvalue weighted by molar-refractivity contribution is 8.13. The summed E-state index contributed by atoms with van der Waals surface area (Å²) < 4.78 is 5.25. The summed E-state index contributed by atoms with van der Waals surface area (Å²) in [4.78, 5) is 17.3. The van der Waals surface area contributed by atoms with Crippen molar-refractivity contribution in [3.8, 4) is 0 Å². The lowest BCUT2D eigenvalue weighted by atomic mass is 9.97. The molecule has 1 aliphatic rings. The van der Waals surface area contributed by atoms with Crippen LogP contribution in [0.5, 0.6) is 0 Å². The van der Waals surface area contributed by atoms with Crippen molar-refractivity contribution in [1.82, 2.24) is 5.32 Å². The van der Waals surface area contributed by atoms with Crippen LogP contribution in [0, 0.1) is 0 Å². The number of rotatable bonds is 5. The number of ether oxygens (including phenoxy) is 1. The molecule has 7 heteroatoms. The molecule has 0 bridgehead atoms. The third-order valence-electron chi connectivity index (χ3n) is 4.19. The predicted molar refractivity (Wildman–Crippen MR) is 117 cm³/mol. The van der Waals surface area contributed by atoms with E-state index in [1.165, 1.54) is 0 Å². The van der Waals surface area contributed by atoms with Crippen LogP contribution in [0.3, 0.4) is 0 Å². The summed E-state index contributed by atoms with van der Waals surface area (Å²) in [6.07, 6.45) is 0. The predicted octanol–water partition coefficient (Wildman–Crippen LogP) is 5.76. The molecule has 4 nitrogen and oxygen atoms in total. The van der Waals surface area contributed by atoms with Crippen molar-refractivity contribution in [2.75, 3.05) is 6.61 Å². The minimum absolute atomic E-state index is 0.319. The number of halogens is 2. The fourth-order valence-electron chi connectivity index (χ4n) is 2.85.